The second kappa shape index (κ2) is 6.27. The Hall–Kier alpha value is -2.19. The normalized spacial score (nSPS) is 25.9. The number of sulfonamides is 1. The van der Waals surface area contributed by atoms with Crippen LogP contribution in [0.2, 0.25) is 0 Å². The van der Waals surface area contributed by atoms with Crippen molar-refractivity contribution in [1.82, 2.24) is 14.3 Å². The van der Waals surface area contributed by atoms with Gasteiger partial charge in [-0.15, -0.1) is 0 Å². The maximum absolute atomic E-state index is 13.0. The molecule has 1 aromatic carbocycles. The molecule has 0 radical (unpaired) electrons. The number of ether oxygens (including phenoxy) is 1. The Morgan fingerprint density at radius 3 is 2.60 bits per heavy atom. The van der Waals surface area contributed by atoms with Crippen molar-refractivity contribution >= 4 is 16.0 Å². The molecule has 0 aliphatic carbocycles. The summed E-state index contributed by atoms with van der Waals surface area (Å²) >= 11 is 0. The fourth-order valence-corrected chi connectivity index (χ4v) is 5.06. The van der Waals surface area contributed by atoms with E-state index in [0.717, 1.165) is 6.54 Å². The molecular weight excluding hydrogens is 340 g/mol. The molecule has 132 valence electrons. The molecule has 25 heavy (non-hydrogen) atoms. The van der Waals surface area contributed by atoms with Gasteiger partial charge < -0.3 is 9.64 Å². The van der Waals surface area contributed by atoms with Gasteiger partial charge in [0.2, 0.25) is 16.0 Å². The molecular formula is C17H20N4O3S. The van der Waals surface area contributed by atoms with Gasteiger partial charge in [0.15, 0.2) is 0 Å². The van der Waals surface area contributed by atoms with Crippen molar-refractivity contribution in [3.8, 4) is 5.75 Å². The van der Waals surface area contributed by atoms with Crippen LogP contribution in [0.4, 0.5) is 5.95 Å². The molecule has 1 saturated heterocycles. The molecule has 0 bridgehead atoms. The molecule has 2 aromatic rings. The number of hydrogen-bond acceptors (Lipinski definition) is 6. The zero-order chi connectivity index (χ0) is 17.4. The summed E-state index contributed by atoms with van der Waals surface area (Å²) in [5.74, 6) is 1.11. The molecule has 0 saturated carbocycles. The van der Waals surface area contributed by atoms with Gasteiger partial charge in [0.05, 0.1) is 6.04 Å². The van der Waals surface area contributed by atoms with Crippen LogP contribution in [0, 0.1) is 0 Å². The van der Waals surface area contributed by atoms with Gasteiger partial charge in [0, 0.05) is 39.0 Å². The fraction of sp³-hybridized carbons (Fsp3) is 0.412. The van der Waals surface area contributed by atoms with Crippen molar-refractivity contribution in [3.05, 3.63) is 42.7 Å². The van der Waals surface area contributed by atoms with E-state index in [4.69, 9.17) is 4.74 Å². The van der Waals surface area contributed by atoms with Crippen LogP contribution in [0.5, 0.6) is 5.75 Å². The minimum absolute atomic E-state index is 0.197. The second-order valence-electron chi connectivity index (χ2n) is 6.30. The van der Waals surface area contributed by atoms with E-state index in [0.29, 0.717) is 31.1 Å². The predicted octanol–water partition coefficient (Wildman–Crippen LogP) is 1.53. The highest BCUT2D eigenvalue weighted by molar-refractivity contribution is 7.89. The minimum atomic E-state index is -3.57. The molecule has 2 aliphatic heterocycles. The Morgan fingerprint density at radius 1 is 1.08 bits per heavy atom. The number of rotatable bonds is 1. The summed E-state index contributed by atoms with van der Waals surface area (Å²) in [6, 6.07) is 8.43. The number of para-hydroxylation sites is 1. The third kappa shape index (κ3) is 2.85. The summed E-state index contributed by atoms with van der Waals surface area (Å²) in [5, 5.41) is 0. The topological polar surface area (TPSA) is 75.6 Å². The summed E-state index contributed by atoms with van der Waals surface area (Å²) in [6.07, 6.45) is 4.60. The van der Waals surface area contributed by atoms with Crippen molar-refractivity contribution in [2.45, 2.75) is 29.9 Å². The van der Waals surface area contributed by atoms with Crippen LogP contribution in [0.25, 0.3) is 0 Å². The molecule has 2 atom stereocenters. The lowest BCUT2D eigenvalue weighted by molar-refractivity contribution is 0.123. The van der Waals surface area contributed by atoms with Crippen LogP contribution in [0.15, 0.2) is 47.6 Å². The van der Waals surface area contributed by atoms with Crippen LogP contribution < -0.4 is 9.64 Å². The van der Waals surface area contributed by atoms with Gasteiger partial charge in [-0.25, -0.2) is 18.4 Å². The SMILES string of the molecule is CN1[C@@H]2CCN(c3ncccn3)CC[C@H]2Oc2ccccc2S1(=O)=O. The molecule has 2 aliphatic rings. The quantitative estimate of drug-likeness (QED) is 0.768. The van der Waals surface area contributed by atoms with Gasteiger partial charge in [-0.3, -0.25) is 0 Å². The minimum Gasteiger partial charge on any atom is -0.487 e. The van der Waals surface area contributed by atoms with E-state index in [9.17, 15) is 8.42 Å². The van der Waals surface area contributed by atoms with E-state index in [2.05, 4.69) is 14.9 Å². The van der Waals surface area contributed by atoms with Crippen LogP contribution in [-0.4, -0.2) is 55.0 Å². The summed E-state index contributed by atoms with van der Waals surface area (Å²) in [4.78, 5) is 10.9. The average molecular weight is 360 g/mol. The highest BCUT2D eigenvalue weighted by Crippen LogP contribution is 2.35. The second-order valence-corrected chi connectivity index (χ2v) is 8.27. The first-order chi connectivity index (χ1) is 12.1. The zero-order valence-electron chi connectivity index (χ0n) is 13.9. The zero-order valence-corrected chi connectivity index (χ0v) is 14.8. The first-order valence-corrected chi connectivity index (χ1v) is 9.77. The Bertz CT molecular complexity index is 859. The summed E-state index contributed by atoms with van der Waals surface area (Å²) in [7, 11) is -1.92. The third-order valence-electron chi connectivity index (χ3n) is 4.89. The molecule has 3 heterocycles. The number of benzene rings is 1. The maximum Gasteiger partial charge on any atom is 0.246 e. The maximum atomic E-state index is 13.0. The Balaban J connectivity index is 1.67. The molecule has 4 rings (SSSR count). The van der Waals surface area contributed by atoms with Crippen LogP contribution in [0.3, 0.4) is 0 Å². The van der Waals surface area contributed by atoms with E-state index in [1.807, 2.05) is 0 Å². The first kappa shape index (κ1) is 16.3. The van der Waals surface area contributed by atoms with Gasteiger partial charge in [-0.1, -0.05) is 12.1 Å². The predicted molar refractivity (Wildman–Crippen MR) is 93.1 cm³/mol. The molecule has 0 spiro atoms. The van der Waals surface area contributed by atoms with Crippen molar-refractivity contribution in [1.29, 1.82) is 0 Å². The van der Waals surface area contributed by atoms with Crippen molar-refractivity contribution in [3.63, 3.8) is 0 Å². The molecule has 1 fully saturated rings. The molecule has 0 unspecified atom stereocenters. The van der Waals surface area contributed by atoms with Crippen molar-refractivity contribution in [2.75, 3.05) is 25.0 Å². The van der Waals surface area contributed by atoms with E-state index < -0.39 is 10.0 Å². The number of hydrogen-bond donors (Lipinski definition) is 0. The standard InChI is InChI=1S/C17H20N4O3S/c1-20-13-7-11-21(17-18-9-4-10-19-17)12-8-14(13)24-15-5-2-3-6-16(15)25(20,22)23/h2-6,9-10,13-14H,7-8,11-12H2,1H3/t13-,14-/m1/s1. The Morgan fingerprint density at radius 2 is 1.80 bits per heavy atom. The van der Waals surface area contributed by atoms with Crippen molar-refractivity contribution in [2.24, 2.45) is 0 Å². The lowest BCUT2D eigenvalue weighted by atomic mass is 10.1. The first-order valence-electron chi connectivity index (χ1n) is 8.33. The van der Waals surface area contributed by atoms with E-state index in [-0.39, 0.29) is 17.0 Å². The molecule has 8 heteroatoms. The van der Waals surface area contributed by atoms with Gasteiger partial charge in [-0.2, -0.15) is 4.31 Å². The van der Waals surface area contributed by atoms with E-state index in [1.54, 1.807) is 49.8 Å². The molecule has 0 N–H and O–H groups in total. The smallest absolute Gasteiger partial charge is 0.246 e. The largest absolute Gasteiger partial charge is 0.487 e. The van der Waals surface area contributed by atoms with Gasteiger partial charge in [-0.05, 0) is 24.6 Å². The summed E-state index contributed by atoms with van der Waals surface area (Å²) < 4.78 is 33.5. The highest BCUT2D eigenvalue weighted by atomic mass is 32.2. The van der Waals surface area contributed by atoms with Crippen LogP contribution in [-0.2, 0) is 10.0 Å². The average Bonchev–Trinajstić information content (AvgIpc) is 2.88. The Kier molecular flexibility index (Phi) is 4.09. The van der Waals surface area contributed by atoms with Crippen LogP contribution >= 0.6 is 0 Å². The van der Waals surface area contributed by atoms with Crippen molar-refractivity contribution < 1.29 is 13.2 Å². The lowest BCUT2D eigenvalue weighted by Crippen LogP contribution is -2.44. The van der Waals surface area contributed by atoms with Crippen LogP contribution in [0.1, 0.15) is 12.8 Å². The third-order valence-corrected chi connectivity index (χ3v) is 6.82. The number of fused-ring (bicyclic) bond motifs is 2. The van der Waals surface area contributed by atoms with E-state index in [1.165, 1.54) is 4.31 Å². The number of aromatic nitrogens is 2. The lowest BCUT2D eigenvalue weighted by Gasteiger charge is -2.28. The number of nitrogens with zero attached hydrogens (tertiary/aromatic N) is 4. The molecule has 7 nitrogen and oxygen atoms in total. The van der Waals surface area contributed by atoms with Gasteiger partial charge >= 0.3 is 0 Å². The number of anilines is 1. The van der Waals surface area contributed by atoms with Gasteiger partial charge in [0.25, 0.3) is 0 Å². The molecule has 1 aromatic heterocycles. The summed E-state index contributed by atoms with van der Waals surface area (Å²) in [6.45, 7) is 1.41. The molecule has 0 amide bonds. The van der Waals surface area contributed by atoms with E-state index >= 15 is 0 Å². The summed E-state index contributed by atoms with van der Waals surface area (Å²) in [5.41, 5.74) is 0. The Labute approximate surface area is 147 Å². The highest BCUT2D eigenvalue weighted by Gasteiger charge is 2.41. The fourth-order valence-electron chi connectivity index (χ4n) is 3.53. The monoisotopic (exact) mass is 360 g/mol. The van der Waals surface area contributed by atoms with Gasteiger partial charge in [0.1, 0.15) is 16.7 Å². The number of likely N-dealkylation sites (N-methyl/N-ethyl adjacent to an activating group) is 1.